The topological polar surface area (TPSA) is 75.4 Å². The van der Waals surface area contributed by atoms with E-state index >= 15 is 0 Å². The van der Waals surface area contributed by atoms with E-state index in [1.54, 1.807) is 19.1 Å². The number of nitro groups is 1. The van der Waals surface area contributed by atoms with Gasteiger partial charge in [-0.25, -0.2) is 0 Å². The quantitative estimate of drug-likeness (QED) is 0.638. The minimum atomic E-state index is -0.380. The minimum absolute atomic E-state index is 0.0552. The highest BCUT2D eigenvalue weighted by Gasteiger charge is 2.23. The molecule has 0 radical (unpaired) electrons. The van der Waals surface area contributed by atoms with Gasteiger partial charge in [-0.3, -0.25) is 10.1 Å². The third-order valence-corrected chi connectivity index (χ3v) is 3.48. The van der Waals surface area contributed by atoms with E-state index in [2.05, 4.69) is 5.32 Å². The Bertz CT molecular complexity index is 448. The molecule has 1 fully saturated rings. The lowest BCUT2D eigenvalue weighted by Crippen LogP contribution is -2.36. The van der Waals surface area contributed by atoms with E-state index in [1.807, 2.05) is 0 Å². The Morgan fingerprint density at radius 1 is 1.39 bits per heavy atom. The van der Waals surface area contributed by atoms with Gasteiger partial charge >= 0.3 is 0 Å². The molecule has 0 unspecified atom stereocenters. The standard InChI is InChI=1S/C13H18N2O3/c1-9-8-10(6-7-12(9)15(17)18)14-11-4-2-3-5-13(11)16/h6-8,11,13-14,16H,2-5H2,1H3/t11-,13-/m0/s1. The summed E-state index contributed by atoms with van der Waals surface area (Å²) < 4.78 is 0. The maximum absolute atomic E-state index is 10.7. The summed E-state index contributed by atoms with van der Waals surface area (Å²) in [5.41, 5.74) is 1.60. The molecule has 0 aliphatic heterocycles. The van der Waals surface area contributed by atoms with Crippen molar-refractivity contribution in [1.29, 1.82) is 0 Å². The van der Waals surface area contributed by atoms with Crippen LogP contribution in [0.1, 0.15) is 31.2 Å². The predicted molar refractivity (Wildman–Crippen MR) is 69.7 cm³/mol. The first-order chi connectivity index (χ1) is 8.58. The van der Waals surface area contributed by atoms with Crippen molar-refractivity contribution >= 4 is 11.4 Å². The number of nitrogens with one attached hydrogen (secondary N) is 1. The van der Waals surface area contributed by atoms with E-state index < -0.39 is 0 Å². The summed E-state index contributed by atoms with van der Waals surface area (Å²) in [7, 11) is 0. The van der Waals surface area contributed by atoms with Crippen molar-refractivity contribution in [1.82, 2.24) is 0 Å². The fraction of sp³-hybridized carbons (Fsp3) is 0.538. The molecule has 1 aromatic carbocycles. The van der Waals surface area contributed by atoms with Crippen LogP contribution >= 0.6 is 0 Å². The van der Waals surface area contributed by atoms with Gasteiger partial charge < -0.3 is 10.4 Å². The molecule has 0 spiro atoms. The van der Waals surface area contributed by atoms with Gasteiger partial charge in [0, 0.05) is 17.3 Å². The third kappa shape index (κ3) is 2.79. The number of hydrogen-bond acceptors (Lipinski definition) is 4. The molecular formula is C13H18N2O3. The van der Waals surface area contributed by atoms with E-state index in [0.717, 1.165) is 31.4 Å². The predicted octanol–water partition coefficient (Wildman–Crippen LogP) is 2.62. The summed E-state index contributed by atoms with van der Waals surface area (Å²) >= 11 is 0. The zero-order valence-electron chi connectivity index (χ0n) is 10.4. The van der Waals surface area contributed by atoms with Crippen molar-refractivity contribution in [2.75, 3.05) is 5.32 Å². The maximum Gasteiger partial charge on any atom is 0.272 e. The van der Waals surface area contributed by atoms with Gasteiger partial charge in [0.1, 0.15) is 0 Å². The summed E-state index contributed by atoms with van der Waals surface area (Å²) in [6.07, 6.45) is 3.62. The van der Waals surface area contributed by atoms with Crippen LogP contribution < -0.4 is 5.32 Å². The van der Waals surface area contributed by atoms with Crippen LogP contribution in [-0.4, -0.2) is 22.2 Å². The van der Waals surface area contributed by atoms with Crippen LogP contribution in [0, 0.1) is 17.0 Å². The molecule has 1 aliphatic rings. The molecule has 2 rings (SSSR count). The van der Waals surface area contributed by atoms with Crippen molar-refractivity contribution in [3.8, 4) is 0 Å². The van der Waals surface area contributed by atoms with Crippen LogP contribution in [0.15, 0.2) is 18.2 Å². The van der Waals surface area contributed by atoms with Crippen molar-refractivity contribution < 1.29 is 10.0 Å². The molecule has 18 heavy (non-hydrogen) atoms. The SMILES string of the molecule is Cc1cc(N[C@H]2CCCC[C@@H]2O)ccc1[N+](=O)[O-]. The number of aryl methyl sites for hydroxylation is 1. The molecular weight excluding hydrogens is 232 g/mol. The molecule has 0 aromatic heterocycles. The van der Waals surface area contributed by atoms with Gasteiger partial charge in [-0.05, 0) is 31.9 Å². The van der Waals surface area contributed by atoms with Crippen LogP contribution in [0.2, 0.25) is 0 Å². The molecule has 2 N–H and O–H groups in total. The van der Waals surface area contributed by atoms with Gasteiger partial charge in [-0.15, -0.1) is 0 Å². The lowest BCUT2D eigenvalue weighted by atomic mass is 9.92. The van der Waals surface area contributed by atoms with Gasteiger partial charge in [-0.1, -0.05) is 12.8 Å². The van der Waals surface area contributed by atoms with E-state index in [1.165, 1.54) is 6.07 Å². The second-order valence-corrected chi connectivity index (χ2v) is 4.86. The summed E-state index contributed by atoms with van der Waals surface area (Å²) in [6.45, 7) is 1.72. The Hall–Kier alpha value is -1.62. The average molecular weight is 250 g/mol. The molecule has 0 amide bonds. The van der Waals surface area contributed by atoms with Crippen molar-refractivity contribution in [2.24, 2.45) is 0 Å². The lowest BCUT2D eigenvalue weighted by molar-refractivity contribution is -0.385. The summed E-state index contributed by atoms with van der Waals surface area (Å²) in [6, 6.07) is 5.03. The number of aliphatic hydroxyl groups excluding tert-OH is 1. The van der Waals surface area contributed by atoms with Crippen LogP contribution in [0.25, 0.3) is 0 Å². The summed E-state index contributed by atoms with van der Waals surface area (Å²) in [5.74, 6) is 0. The van der Waals surface area contributed by atoms with Crippen LogP contribution in [0.5, 0.6) is 0 Å². The number of nitro benzene ring substituents is 1. The average Bonchev–Trinajstić information content (AvgIpc) is 2.32. The molecule has 1 aliphatic carbocycles. The summed E-state index contributed by atoms with van der Waals surface area (Å²) in [4.78, 5) is 10.3. The highest BCUT2D eigenvalue weighted by Crippen LogP contribution is 2.25. The minimum Gasteiger partial charge on any atom is -0.391 e. The Morgan fingerprint density at radius 2 is 2.11 bits per heavy atom. The first-order valence-electron chi connectivity index (χ1n) is 6.27. The molecule has 2 atom stereocenters. The molecule has 5 heteroatoms. The number of anilines is 1. The van der Waals surface area contributed by atoms with Crippen molar-refractivity contribution in [3.05, 3.63) is 33.9 Å². The lowest BCUT2D eigenvalue weighted by Gasteiger charge is -2.29. The van der Waals surface area contributed by atoms with Gasteiger partial charge in [0.2, 0.25) is 0 Å². The largest absolute Gasteiger partial charge is 0.391 e. The normalized spacial score (nSPS) is 23.7. The van der Waals surface area contributed by atoms with E-state index in [4.69, 9.17) is 0 Å². The van der Waals surface area contributed by atoms with Crippen molar-refractivity contribution in [3.63, 3.8) is 0 Å². The van der Waals surface area contributed by atoms with Crippen LogP contribution in [0.4, 0.5) is 11.4 Å². The molecule has 0 bridgehead atoms. The molecule has 0 heterocycles. The van der Waals surface area contributed by atoms with Gasteiger partial charge in [0.05, 0.1) is 17.1 Å². The number of benzene rings is 1. The van der Waals surface area contributed by atoms with Crippen LogP contribution in [0.3, 0.4) is 0 Å². The Balaban J connectivity index is 2.10. The zero-order chi connectivity index (χ0) is 13.1. The highest BCUT2D eigenvalue weighted by molar-refractivity contribution is 5.54. The maximum atomic E-state index is 10.7. The smallest absolute Gasteiger partial charge is 0.272 e. The third-order valence-electron chi connectivity index (χ3n) is 3.48. The zero-order valence-corrected chi connectivity index (χ0v) is 10.4. The summed E-state index contributed by atoms with van der Waals surface area (Å²) in [5, 5.41) is 23.9. The Kier molecular flexibility index (Phi) is 3.81. The van der Waals surface area contributed by atoms with Crippen molar-refractivity contribution in [2.45, 2.75) is 44.8 Å². The van der Waals surface area contributed by atoms with Gasteiger partial charge in [0.15, 0.2) is 0 Å². The van der Waals surface area contributed by atoms with Crippen LogP contribution in [-0.2, 0) is 0 Å². The van der Waals surface area contributed by atoms with Gasteiger partial charge in [-0.2, -0.15) is 0 Å². The monoisotopic (exact) mass is 250 g/mol. The molecule has 0 saturated heterocycles. The molecule has 5 nitrogen and oxygen atoms in total. The number of rotatable bonds is 3. The first kappa shape index (κ1) is 12.8. The Labute approximate surface area is 106 Å². The molecule has 98 valence electrons. The van der Waals surface area contributed by atoms with E-state index in [-0.39, 0.29) is 22.8 Å². The molecule has 1 saturated carbocycles. The number of aliphatic hydroxyl groups is 1. The molecule has 1 aromatic rings. The first-order valence-corrected chi connectivity index (χ1v) is 6.27. The second kappa shape index (κ2) is 5.35. The van der Waals surface area contributed by atoms with E-state index in [9.17, 15) is 15.2 Å². The van der Waals surface area contributed by atoms with Gasteiger partial charge in [0.25, 0.3) is 5.69 Å². The number of hydrogen-bond donors (Lipinski definition) is 2. The fourth-order valence-electron chi connectivity index (χ4n) is 2.44. The fourth-order valence-corrected chi connectivity index (χ4v) is 2.44. The number of nitrogens with zero attached hydrogens (tertiary/aromatic N) is 1. The second-order valence-electron chi connectivity index (χ2n) is 4.86. The Morgan fingerprint density at radius 3 is 2.72 bits per heavy atom. The van der Waals surface area contributed by atoms with E-state index in [0.29, 0.717) is 5.56 Å². The highest BCUT2D eigenvalue weighted by atomic mass is 16.6.